The summed E-state index contributed by atoms with van der Waals surface area (Å²) >= 11 is 0. The van der Waals surface area contributed by atoms with E-state index in [1.807, 2.05) is 0 Å². The van der Waals surface area contributed by atoms with Gasteiger partial charge >= 0.3 is 172 Å². The van der Waals surface area contributed by atoms with Crippen molar-refractivity contribution in [3.05, 3.63) is 191 Å². The quantitative estimate of drug-likeness (QED) is 0.170. The Morgan fingerprint density at radius 2 is 1.31 bits per heavy atom. The van der Waals surface area contributed by atoms with Crippen molar-refractivity contribution in [2.75, 3.05) is 0 Å². The van der Waals surface area contributed by atoms with Crippen LogP contribution in [-0.2, 0) is 6.42 Å². The average molecular weight is 691 g/mol. The summed E-state index contributed by atoms with van der Waals surface area (Å²) in [6, 6.07) is 58.8. The van der Waals surface area contributed by atoms with Crippen molar-refractivity contribution in [1.82, 2.24) is 9.13 Å². The number of para-hydroxylation sites is 3. The van der Waals surface area contributed by atoms with Gasteiger partial charge in [0, 0.05) is 27.2 Å². The number of hydrogen-bond donors (Lipinski definition) is 0. The third-order valence-corrected chi connectivity index (χ3v) is 12.3. The Balaban J connectivity index is 1.02. The number of nitrogens with zero attached hydrogens (tertiary/aromatic N) is 2. The van der Waals surface area contributed by atoms with Crippen molar-refractivity contribution < 1.29 is 0 Å². The van der Waals surface area contributed by atoms with E-state index in [0.29, 0.717) is 11.8 Å². The molecule has 3 aromatic heterocycles. The van der Waals surface area contributed by atoms with E-state index in [0.717, 1.165) is 12.8 Å². The molecule has 0 fully saturated rings. The van der Waals surface area contributed by atoms with Crippen molar-refractivity contribution in [2.24, 2.45) is 0 Å². The van der Waals surface area contributed by atoms with Crippen molar-refractivity contribution in [2.45, 2.75) is 37.6 Å². The minimum absolute atomic E-state index is 0.200. The molecule has 3 atom stereocenters. The molecule has 3 unspecified atom stereocenters. The van der Waals surface area contributed by atoms with E-state index in [2.05, 4.69) is 199 Å². The van der Waals surface area contributed by atoms with E-state index < -0.39 is 0 Å². The molecular formula is C51H39BN2. The monoisotopic (exact) mass is 690 g/mol. The minimum atomic E-state index is 0.200. The Labute approximate surface area is 316 Å². The second kappa shape index (κ2) is 12.5. The summed E-state index contributed by atoms with van der Waals surface area (Å²) in [6.07, 6.45) is 6.95. The van der Waals surface area contributed by atoms with Gasteiger partial charge in [-0.05, 0) is 30.7 Å². The molecule has 0 saturated heterocycles. The van der Waals surface area contributed by atoms with Gasteiger partial charge < -0.3 is 9.13 Å². The number of benzene rings is 6. The number of rotatable bonds is 5. The fourth-order valence-electron chi connectivity index (χ4n) is 9.80. The average Bonchev–Trinajstić information content (AvgIpc) is 3.75. The van der Waals surface area contributed by atoms with Crippen LogP contribution in [0.4, 0.5) is 0 Å². The molecule has 11 rings (SSSR count). The molecule has 2 aliphatic carbocycles. The molecule has 0 N–H and O–H groups in total. The zero-order chi connectivity index (χ0) is 35.8. The van der Waals surface area contributed by atoms with Crippen LogP contribution in [0.2, 0.25) is 0 Å². The van der Waals surface area contributed by atoms with Crippen LogP contribution in [0.15, 0.2) is 164 Å². The molecule has 0 amide bonds. The molecule has 54 heavy (non-hydrogen) atoms. The van der Waals surface area contributed by atoms with Crippen LogP contribution in [0.3, 0.4) is 0 Å². The van der Waals surface area contributed by atoms with Gasteiger partial charge in [0.25, 0.3) is 0 Å². The first-order chi connectivity index (χ1) is 26.7. The number of fused-ring (bicyclic) bond motifs is 9. The summed E-state index contributed by atoms with van der Waals surface area (Å²) in [5, 5.41) is 6.53. The number of aromatic nitrogens is 2. The van der Waals surface area contributed by atoms with Crippen LogP contribution in [0.25, 0.3) is 72.8 Å². The molecule has 0 spiro atoms. The molecule has 0 aliphatic heterocycles. The molecular weight excluding hydrogens is 651 g/mol. The fourth-order valence-corrected chi connectivity index (χ4v) is 9.80. The van der Waals surface area contributed by atoms with Gasteiger partial charge in [0.2, 0.25) is 0 Å². The Morgan fingerprint density at radius 1 is 0.593 bits per heavy atom. The zero-order valence-corrected chi connectivity index (χ0v) is 30.4. The van der Waals surface area contributed by atoms with E-state index >= 15 is 0 Å². The van der Waals surface area contributed by atoms with Crippen LogP contribution in [-0.4, -0.2) is 16.0 Å². The van der Waals surface area contributed by atoms with Gasteiger partial charge in [-0.15, -0.1) is 0 Å². The molecule has 0 saturated carbocycles. The van der Waals surface area contributed by atoms with Gasteiger partial charge in [0.05, 0.1) is 11.6 Å². The molecule has 6 aromatic carbocycles. The summed E-state index contributed by atoms with van der Waals surface area (Å²) < 4.78 is 5.01. The molecule has 3 heterocycles. The summed E-state index contributed by atoms with van der Waals surface area (Å²) in [4.78, 5) is 0. The Kier molecular flexibility index (Phi) is 7.23. The molecule has 0 radical (unpaired) electrons. The Hall–Kier alpha value is -6.19. The SMILES string of the molecule is CC1c2ccc(-c3ccc4c(c3)c3ccccc3n4C3C=c4c(n(-c5ccccc5)c5ccccc45)=CC3)cc2-c2ccccc2C1Cc1bcccc1. The predicted molar refractivity (Wildman–Crippen MR) is 228 cm³/mol. The Morgan fingerprint density at radius 3 is 2.19 bits per heavy atom. The van der Waals surface area contributed by atoms with Crippen molar-refractivity contribution >= 4 is 51.8 Å². The third-order valence-electron chi connectivity index (χ3n) is 12.3. The molecule has 2 nitrogen and oxygen atoms in total. The molecule has 3 heteroatoms. The summed E-state index contributed by atoms with van der Waals surface area (Å²) in [7, 11) is 0. The topological polar surface area (TPSA) is 9.86 Å². The first-order valence-electron chi connectivity index (χ1n) is 19.4. The normalized spacial score (nSPS) is 17.4. The van der Waals surface area contributed by atoms with Crippen LogP contribution in [0.5, 0.6) is 0 Å². The summed E-state index contributed by atoms with van der Waals surface area (Å²) in [5.74, 6) is 3.04. The first kappa shape index (κ1) is 31.4. The van der Waals surface area contributed by atoms with Gasteiger partial charge in [-0.2, -0.15) is 0 Å². The van der Waals surface area contributed by atoms with Crippen LogP contribution < -0.4 is 10.6 Å². The van der Waals surface area contributed by atoms with Gasteiger partial charge in [0.1, 0.15) is 0 Å². The third kappa shape index (κ3) is 4.84. The van der Waals surface area contributed by atoms with Gasteiger partial charge in [-0.1, -0.05) is 66.7 Å². The molecule has 9 aromatic rings. The van der Waals surface area contributed by atoms with Gasteiger partial charge in [0.15, 0.2) is 0 Å². The van der Waals surface area contributed by atoms with Gasteiger partial charge in [-0.3, -0.25) is 0 Å². The summed E-state index contributed by atoms with van der Waals surface area (Å²) in [5.41, 5.74) is 14.6. The van der Waals surface area contributed by atoms with Crippen LogP contribution >= 0.6 is 0 Å². The van der Waals surface area contributed by atoms with Crippen LogP contribution in [0.1, 0.15) is 47.8 Å². The van der Waals surface area contributed by atoms with Crippen LogP contribution in [0, 0.1) is 0 Å². The van der Waals surface area contributed by atoms with E-state index in [9.17, 15) is 0 Å². The van der Waals surface area contributed by atoms with Gasteiger partial charge in [-0.25, -0.2) is 0 Å². The maximum atomic E-state index is 2.58. The van der Waals surface area contributed by atoms with E-state index in [1.165, 1.54) is 87.8 Å². The summed E-state index contributed by atoms with van der Waals surface area (Å²) in [6.45, 7) is 4.69. The Bertz CT molecular complexity index is 3020. The standard InChI is InChI=1S/C51H39BN2/c1-33-39-25-22-34(29-45(39)41-17-6-5-16-40(41)44(33)31-36-13-11-12-28-52-36)35-23-26-50-46(30-35)42-18-7-10-21-49(42)54(50)38-24-27-51-47(32-38)43-19-8-9-20-48(43)53(51)37-14-3-2-4-15-37/h2-23,25-30,32-33,38,44H,24,31H2,1H3. The van der Waals surface area contributed by atoms with Crippen molar-refractivity contribution in [1.29, 1.82) is 0 Å². The van der Waals surface area contributed by atoms with E-state index in [1.54, 1.807) is 0 Å². The molecule has 0 bridgehead atoms. The number of hydrogen-bond acceptors (Lipinski definition) is 0. The van der Waals surface area contributed by atoms with Crippen molar-refractivity contribution in [3.8, 4) is 27.9 Å². The predicted octanol–water partition coefficient (Wildman–Crippen LogP) is 11.1. The zero-order valence-electron chi connectivity index (χ0n) is 30.4. The second-order valence-corrected chi connectivity index (χ2v) is 15.3. The fraction of sp³-hybridized carbons (Fsp3) is 0.118. The second-order valence-electron chi connectivity index (χ2n) is 15.3. The van der Waals surface area contributed by atoms with E-state index in [-0.39, 0.29) is 6.04 Å². The van der Waals surface area contributed by atoms with E-state index in [4.69, 9.17) is 0 Å². The molecule has 2 aliphatic rings. The molecule has 256 valence electrons. The first-order valence-corrected chi connectivity index (χ1v) is 19.4. The van der Waals surface area contributed by atoms with Crippen molar-refractivity contribution in [3.63, 3.8) is 0 Å². The maximum absolute atomic E-state index is 2.58.